The maximum atomic E-state index is 6.06. The zero-order chi connectivity index (χ0) is 20.6. The van der Waals surface area contributed by atoms with Crippen LogP contribution in [-0.2, 0) is 0 Å². The van der Waals surface area contributed by atoms with Gasteiger partial charge < -0.3 is 18.6 Å². The van der Waals surface area contributed by atoms with E-state index in [1.165, 1.54) is 32.3 Å². The molecule has 0 aliphatic rings. The van der Waals surface area contributed by atoms with Gasteiger partial charge in [-0.3, -0.25) is 0 Å². The van der Waals surface area contributed by atoms with Crippen molar-refractivity contribution >= 4 is 66.0 Å². The number of rotatable bonds is 2. The van der Waals surface area contributed by atoms with Gasteiger partial charge in [-0.25, -0.2) is 0 Å². The molecule has 6 aromatic rings. The highest BCUT2D eigenvalue weighted by Crippen LogP contribution is 2.37. The molecule has 2 aromatic heterocycles. The van der Waals surface area contributed by atoms with Gasteiger partial charge in [-0.15, -0.1) is 0 Å². The molecule has 30 heavy (non-hydrogen) atoms. The molecule has 0 N–H and O–H groups in total. The Morgan fingerprint density at radius 2 is 0.900 bits per heavy atom. The Bertz CT molecular complexity index is 1480. The molecule has 0 fully saturated rings. The predicted octanol–water partition coefficient (Wildman–Crippen LogP) is 6.77. The quantitative estimate of drug-likeness (QED) is 0.303. The lowest BCUT2D eigenvalue weighted by Crippen LogP contribution is -2.06. The maximum absolute atomic E-state index is 6.06. The molecule has 0 amide bonds. The minimum Gasteiger partial charge on any atom is -0.441 e. The lowest BCUT2D eigenvalue weighted by atomic mass is 9.96. The van der Waals surface area contributed by atoms with Crippen LogP contribution in [0.3, 0.4) is 0 Å². The second-order valence-corrected chi connectivity index (χ2v) is 8.41. The largest absolute Gasteiger partial charge is 0.441 e. The fourth-order valence-corrected chi connectivity index (χ4v) is 4.36. The van der Waals surface area contributed by atoms with Crippen molar-refractivity contribution in [2.24, 2.45) is 0 Å². The molecule has 0 unspecified atom stereocenters. The van der Waals surface area contributed by atoms with E-state index >= 15 is 0 Å². The highest BCUT2D eigenvalue weighted by molar-refractivity contribution is 6.20. The van der Waals surface area contributed by atoms with Crippen LogP contribution in [-0.4, -0.2) is 28.2 Å². The third-order valence-corrected chi connectivity index (χ3v) is 5.96. The Kier molecular flexibility index (Phi) is 3.40. The van der Waals surface area contributed by atoms with E-state index in [0.29, 0.717) is 0 Å². The van der Waals surface area contributed by atoms with Crippen molar-refractivity contribution < 1.29 is 8.83 Å². The molecule has 0 saturated heterocycles. The summed E-state index contributed by atoms with van der Waals surface area (Å²) in [4.78, 5) is 3.99. The van der Waals surface area contributed by atoms with Crippen molar-refractivity contribution in [3.8, 4) is 0 Å². The third kappa shape index (κ3) is 2.40. The Morgan fingerprint density at radius 1 is 0.467 bits per heavy atom. The Morgan fingerprint density at radius 3 is 1.30 bits per heavy atom. The van der Waals surface area contributed by atoms with Gasteiger partial charge >= 0.3 is 0 Å². The number of anilines is 2. The fraction of sp³-hybridized carbons (Fsp3) is 0.154. The maximum Gasteiger partial charge on any atom is 0.196 e. The Labute approximate surface area is 173 Å². The summed E-state index contributed by atoms with van der Waals surface area (Å²) in [7, 11) is 7.98. The SMILES string of the molecule is CN(C)c1cc2cc3ccc4c5cc6oc(N(C)C)cc6cc5ccc4c3cc2o1. The second kappa shape index (κ2) is 5.92. The van der Waals surface area contributed by atoms with Gasteiger partial charge in [-0.2, -0.15) is 0 Å². The lowest BCUT2D eigenvalue weighted by molar-refractivity contribution is 0.610. The number of hydrogen-bond acceptors (Lipinski definition) is 4. The summed E-state index contributed by atoms with van der Waals surface area (Å²) in [5.41, 5.74) is 1.83. The number of hydrogen-bond donors (Lipinski definition) is 0. The Hall–Kier alpha value is -3.66. The molecule has 0 aliphatic heterocycles. The van der Waals surface area contributed by atoms with Crippen LogP contribution in [0, 0.1) is 0 Å². The second-order valence-electron chi connectivity index (χ2n) is 8.41. The van der Waals surface area contributed by atoms with E-state index in [1.807, 2.05) is 38.0 Å². The highest BCUT2D eigenvalue weighted by atomic mass is 16.4. The smallest absolute Gasteiger partial charge is 0.196 e. The molecule has 0 radical (unpaired) electrons. The average molecular weight is 394 g/mol. The number of benzene rings is 4. The minimum atomic E-state index is 0.868. The van der Waals surface area contributed by atoms with Crippen LogP contribution < -0.4 is 9.80 Å². The molecule has 4 nitrogen and oxygen atoms in total. The zero-order valence-corrected chi connectivity index (χ0v) is 17.5. The summed E-state index contributed by atoms with van der Waals surface area (Å²) in [6.45, 7) is 0. The van der Waals surface area contributed by atoms with Crippen LogP contribution in [0.15, 0.2) is 69.5 Å². The molecule has 148 valence electrons. The van der Waals surface area contributed by atoms with Gasteiger partial charge in [0, 0.05) is 51.1 Å². The summed E-state index contributed by atoms with van der Waals surface area (Å²) >= 11 is 0. The van der Waals surface area contributed by atoms with Crippen LogP contribution >= 0.6 is 0 Å². The van der Waals surface area contributed by atoms with E-state index in [1.54, 1.807) is 0 Å². The van der Waals surface area contributed by atoms with Crippen molar-refractivity contribution in [3.05, 3.63) is 60.7 Å². The monoisotopic (exact) mass is 394 g/mol. The van der Waals surface area contributed by atoms with Crippen molar-refractivity contribution in [1.29, 1.82) is 0 Å². The van der Waals surface area contributed by atoms with Gasteiger partial charge in [0.25, 0.3) is 0 Å². The number of fused-ring (bicyclic) bond motifs is 7. The van der Waals surface area contributed by atoms with E-state index in [0.717, 1.165) is 33.7 Å². The summed E-state index contributed by atoms with van der Waals surface area (Å²) < 4.78 is 12.1. The van der Waals surface area contributed by atoms with Crippen LogP contribution in [0.1, 0.15) is 0 Å². The Balaban J connectivity index is 1.66. The molecule has 4 aromatic carbocycles. The van der Waals surface area contributed by atoms with E-state index in [-0.39, 0.29) is 0 Å². The summed E-state index contributed by atoms with van der Waals surface area (Å²) in [6, 6.07) is 21.8. The van der Waals surface area contributed by atoms with Crippen LogP contribution in [0.4, 0.5) is 11.8 Å². The topological polar surface area (TPSA) is 32.8 Å². The standard InChI is InChI=1S/C26H22N2O2/c1-27(2)25-11-17-9-15-5-7-20-19(21(15)13-23(17)29-25)8-6-16-10-18-12-26(28(3)4)30-24(18)14-22(16)20/h5-14H,1-4H3. The molecule has 0 atom stereocenters. The van der Waals surface area contributed by atoms with Crippen molar-refractivity contribution in [1.82, 2.24) is 0 Å². The van der Waals surface area contributed by atoms with E-state index in [9.17, 15) is 0 Å². The molecular weight excluding hydrogens is 372 g/mol. The average Bonchev–Trinajstić information content (AvgIpc) is 3.33. The van der Waals surface area contributed by atoms with Crippen LogP contribution in [0.2, 0.25) is 0 Å². The molecule has 0 spiro atoms. The summed E-state index contributed by atoms with van der Waals surface area (Å²) in [5, 5.41) is 9.54. The number of nitrogens with zero attached hydrogens (tertiary/aromatic N) is 2. The molecule has 0 saturated carbocycles. The van der Waals surface area contributed by atoms with Gasteiger partial charge in [0.15, 0.2) is 11.8 Å². The third-order valence-electron chi connectivity index (χ3n) is 5.96. The highest BCUT2D eigenvalue weighted by Gasteiger charge is 2.12. The van der Waals surface area contributed by atoms with Crippen molar-refractivity contribution in [2.45, 2.75) is 0 Å². The van der Waals surface area contributed by atoms with Crippen LogP contribution in [0.25, 0.3) is 54.3 Å². The molecular formula is C26H22N2O2. The van der Waals surface area contributed by atoms with E-state index in [2.05, 4.69) is 60.7 Å². The van der Waals surface area contributed by atoms with Gasteiger partial charge in [0.2, 0.25) is 0 Å². The molecule has 0 aliphatic carbocycles. The van der Waals surface area contributed by atoms with Crippen LogP contribution in [0.5, 0.6) is 0 Å². The molecule has 6 rings (SSSR count). The van der Waals surface area contributed by atoms with Gasteiger partial charge in [0.1, 0.15) is 11.2 Å². The first kappa shape index (κ1) is 17.2. The summed E-state index contributed by atoms with van der Waals surface area (Å²) in [6.07, 6.45) is 0. The molecule has 0 bridgehead atoms. The van der Waals surface area contributed by atoms with Crippen molar-refractivity contribution in [2.75, 3.05) is 38.0 Å². The first-order chi connectivity index (χ1) is 14.5. The van der Waals surface area contributed by atoms with E-state index < -0.39 is 0 Å². The fourth-order valence-electron chi connectivity index (χ4n) is 4.36. The first-order valence-electron chi connectivity index (χ1n) is 10.1. The number of furan rings is 2. The normalized spacial score (nSPS) is 12.0. The van der Waals surface area contributed by atoms with Crippen molar-refractivity contribution in [3.63, 3.8) is 0 Å². The van der Waals surface area contributed by atoms with Gasteiger partial charge in [-0.05, 0) is 56.6 Å². The van der Waals surface area contributed by atoms with E-state index in [4.69, 9.17) is 8.83 Å². The predicted molar refractivity (Wildman–Crippen MR) is 127 cm³/mol. The minimum absolute atomic E-state index is 0.868. The molecule has 2 heterocycles. The van der Waals surface area contributed by atoms with Gasteiger partial charge in [-0.1, -0.05) is 24.3 Å². The summed E-state index contributed by atoms with van der Waals surface area (Å²) in [5.74, 6) is 1.74. The zero-order valence-electron chi connectivity index (χ0n) is 17.5. The first-order valence-corrected chi connectivity index (χ1v) is 10.1. The molecule has 4 heteroatoms. The lowest BCUT2D eigenvalue weighted by Gasteiger charge is -2.08. The van der Waals surface area contributed by atoms with Gasteiger partial charge in [0.05, 0.1) is 0 Å².